The number of nitrogens with zero attached hydrogens (tertiary/aromatic N) is 1. The van der Waals surface area contributed by atoms with E-state index >= 15 is 0 Å². The summed E-state index contributed by atoms with van der Waals surface area (Å²) in [7, 11) is 0. The summed E-state index contributed by atoms with van der Waals surface area (Å²) in [6, 6.07) is 4.50. The zero-order chi connectivity index (χ0) is 17.2. The number of nitrogens with one attached hydrogen (secondary N) is 1. The van der Waals surface area contributed by atoms with Crippen LogP contribution >= 0.6 is 0 Å². The highest BCUT2D eigenvalue weighted by molar-refractivity contribution is 5.90. The van der Waals surface area contributed by atoms with Crippen LogP contribution in [0.5, 0.6) is 5.75 Å². The molecule has 0 aromatic heterocycles. The van der Waals surface area contributed by atoms with Crippen LogP contribution in [0.1, 0.15) is 20.8 Å². The number of alkyl carbamates (subject to hydrolysis) is 1. The molecule has 23 heavy (non-hydrogen) atoms. The molecule has 1 heterocycles. The van der Waals surface area contributed by atoms with Crippen molar-refractivity contribution in [2.24, 2.45) is 0 Å². The van der Waals surface area contributed by atoms with Crippen LogP contribution in [0, 0.1) is 0 Å². The molecule has 1 fully saturated rings. The summed E-state index contributed by atoms with van der Waals surface area (Å²) in [5.74, 6) is -0.106. The maximum atomic E-state index is 11.9. The van der Waals surface area contributed by atoms with Crippen molar-refractivity contribution in [1.82, 2.24) is 5.32 Å². The van der Waals surface area contributed by atoms with Gasteiger partial charge in [-0.2, -0.15) is 0 Å². The first kappa shape index (κ1) is 16.7. The van der Waals surface area contributed by atoms with Crippen LogP contribution in [0.25, 0.3) is 0 Å². The van der Waals surface area contributed by atoms with E-state index in [-0.39, 0.29) is 24.5 Å². The predicted molar refractivity (Wildman–Crippen MR) is 84.4 cm³/mol. The number of hydrogen-bond donors (Lipinski definition) is 3. The molecule has 1 aliphatic heterocycles. The molecular formula is C15H21N3O5. The third kappa shape index (κ3) is 4.41. The second-order valence-corrected chi connectivity index (χ2v) is 6.24. The molecule has 1 aromatic rings. The fraction of sp³-hybridized carbons (Fsp3) is 0.467. The zero-order valence-electron chi connectivity index (χ0n) is 13.3. The molecule has 2 amide bonds. The maximum absolute atomic E-state index is 11.9. The lowest BCUT2D eigenvalue weighted by molar-refractivity contribution is 0.0496. The molecule has 0 aliphatic carbocycles. The summed E-state index contributed by atoms with van der Waals surface area (Å²) >= 11 is 0. The molecule has 1 aliphatic rings. The van der Waals surface area contributed by atoms with Crippen molar-refractivity contribution >= 4 is 23.6 Å². The van der Waals surface area contributed by atoms with E-state index in [0.29, 0.717) is 5.69 Å². The predicted octanol–water partition coefficient (Wildman–Crippen LogP) is 1.82. The van der Waals surface area contributed by atoms with Crippen LogP contribution in [0.2, 0.25) is 0 Å². The lowest BCUT2D eigenvalue weighted by Gasteiger charge is -2.20. The number of rotatable bonds is 3. The molecule has 1 aromatic carbocycles. The lowest BCUT2D eigenvalue weighted by Crippen LogP contribution is -2.38. The van der Waals surface area contributed by atoms with Crippen molar-refractivity contribution in [3.8, 4) is 5.75 Å². The van der Waals surface area contributed by atoms with E-state index < -0.39 is 23.9 Å². The Morgan fingerprint density at radius 3 is 2.83 bits per heavy atom. The van der Waals surface area contributed by atoms with Gasteiger partial charge in [-0.1, -0.05) is 0 Å². The van der Waals surface area contributed by atoms with Crippen molar-refractivity contribution < 1.29 is 24.2 Å². The van der Waals surface area contributed by atoms with Crippen molar-refractivity contribution in [3.05, 3.63) is 18.2 Å². The molecular weight excluding hydrogens is 302 g/mol. The maximum Gasteiger partial charge on any atom is 0.414 e. The molecule has 1 atom stereocenters. The lowest BCUT2D eigenvalue weighted by atomic mass is 10.2. The Kier molecular flexibility index (Phi) is 4.53. The van der Waals surface area contributed by atoms with Crippen LogP contribution in [0.15, 0.2) is 18.2 Å². The molecule has 0 saturated carbocycles. The second kappa shape index (κ2) is 6.23. The van der Waals surface area contributed by atoms with Crippen LogP contribution in [-0.4, -0.2) is 42.1 Å². The van der Waals surface area contributed by atoms with Gasteiger partial charge in [0, 0.05) is 6.07 Å². The fourth-order valence-corrected chi connectivity index (χ4v) is 2.05. The average molecular weight is 323 g/mol. The monoisotopic (exact) mass is 323 g/mol. The third-order valence-electron chi connectivity index (χ3n) is 3.07. The molecule has 0 radical (unpaired) electrons. The molecule has 2 rings (SSSR count). The van der Waals surface area contributed by atoms with Gasteiger partial charge in [0.1, 0.15) is 17.5 Å². The number of phenols is 1. The van der Waals surface area contributed by atoms with Crippen molar-refractivity contribution in [2.75, 3.05) is 23.7 Å². The summed E-state index contributed by atoms with van der Waals surface area (Å²) in [5, 5.41) is 12.2. The van der Waals surface area contributed by atoms with Gasteiger partial charge in [-0.05, 0) is 32.9 Å². The minimum Gasteiger partial charge on any atom is -0.506 e. The number of aromatic hydroxyl groups is 1. The minimum absolute atomic E-state index is 0.106. The van der Waals surface area contributed by atoms with Crippen LogP contribution in [-0.2, 0) is 9.47 Å². The van der Waals surface area contributed by atoms with E-state index in [0.717, 1.165) is 0 Å². The van der Waals surface area contributed by atoms with Crippen LogP contribution < -0.4 is 16.0 Å². The Balaban J connectivity index is 1.92. The van der Waals surface area contributed by atoms with Crippen LogP contribution in [0.3, 0.4) is 0 Å². The fourth-order valence-electron chi connectivity index (χ4n) is 2.05. The van der Waals surface area contributed by atoms with Crippen molar-refractivity contribution in [3.63, 3.8) is 0 Å². The highest BCUT2D eigenvalue weighted by Crippen LogP contribution is 2.29. The number of cyclic esters (lactones) is 1. The van der Waals surface area contributed by atoms with E-state index in [1.807, 2.05) is 0 Å². The van der Waals surface area contributed by atoms with Gasteiger partial charge in [0.05, 0.1) is 24.5 Å². The average Bonchev–Trinajstić information content (AvgIpc) is 2.79. The molecule has 0 spiro atoms. The van der Waals surface area contributed by atoms with E-state index in [1.165, 1.54) is 17.0 Å². The summed E-state index contributed by atoms with van der Waals surface area (Å²) in [4.78, 5) is 24.9. The zero-order valence-corrected chi connectivity index (χ0v) is 13.3. The van der Waals surface area contributed by atoms with Gasteiger partial charge in [-0.15, -0.1) is 0 Å². The Morgan fingerprint density at radius 1 is 1.52 bits per heavy atom. The molecule has 8 nitrogen and oxygen atoms in total. The number of ether oxygens (including phenoxy) is 2. The third-order valence-corrected chi connectivity index (χ3v) is 3.07. The molecule has 1 saturated heterocycles. The van der Waals surface area contributed by atoms with Gasteiger partial charge in [-0.25, -0.2) is 9.59 Å². The number of amides is 2. The van der Waals surface area contributed by atoms with E-state index in [1.54, 1.807) is 26.8 Å². The Bertz CT molecular complexity index is 612. The number of hydrogen-bond acceptors (Lipinski definition) is 6. The summed E-state index contributed by atoms with van der Waals surface area (Å²) < 4.78 is 10.3. The van der Waals surface area contributed by atoms with Gasteiger partial charge in [0.2, 0.25) is 0 Å². The molecule has 4 N–H and O–H groups in total. The quantitative estimate of drug-likeness (QED) is 0.577. The second-order valence-electron chi connectivity index (χ2n) is 6.24. The van der Waals surface area contributed by atoms with E-state index in [9.17, 15) is 14.7 Å². The first-order chi connectivity index (χ1) is 10.7. The van der Waals surface area contributed by atoms with Crippen molar-refractivity contribution in [1.29, 1.82) is 0 Å². The number of nitrogens with two attached hydrogens (primary N) is 1. The molecule has 0 bridgehead atoms. The number of anilines is 2. The topological polar surface area (TPSA) is 114 Å². The summed E-state index contributed by atoms with van der Waals surface area (Å²) in [6.07, 6.45) is -1.63. The summed E-state index contributed by atoms with van der Waals surface area (Å²) in [5.41, 5.74) is 5.64. The number of phenolic OH excluding ortho intramolecular Hbond substituents is 1. The number of benzene rings is 1. The van der Waals surface area contributed by atoms with Crippen molar-refractivity contribution in [2.45, 2.75) is 32.5 Å². The van der Waals surface area contributed by atoms with Gasteiger partial charge in [-0.3, -0.25) is 4.90 Å². The highest BCUT2D eigenvalue weighted by Gasteiger charge is 2.33. The molecule has 126 valence electrons. The Morgan fingerprint density at radius 2 is 2.22 bits per heavy atom. The molecule has 8 heteroatoms. The number of carbonyl (C=O) groups is 2. The first-order valence-corrected chi connectivity index (χ1v) is 7.19. The largest absolute Gasteiger partial charge is 0.506 e. The highest BCUT2D eigenvalue weighted by atomic mass is 16.6. The normalized spacial score (nSPS) is 17.8. The molecule has 0 unspecified atom stereocenters. The van der Waals surface area contributed by atoms with E-state index in [4.69, 9.17) is 15.2 Å². The van der Waals surface area contributed by atoms with E-state index in [2.05, 4.69) is 5.32 Å². The number of nitrogen functional groups attached to an aromatic ring is 1. The van der Waals surface area contributed by atoms with Gasteiger partial charge in [0.15, 0.2) is 0 Å². The minimum atomic E-state index is -0.593. The van der Waals surface area contributed by atoms with Crippen LogP contribution in [0.4, 0.5) is 21.0 Å². The first-order valence-electron chi connectivity index (χ1n) is 7.19. The summed E-state index contributed by atoms with van der Waals surface area (Å²) in [6.45, 7) is 5.67. The standard InChI is InChI=1S/C15H21N3O5/c1-15(2,3)23-13(20)17-7-10-8-18(14(21)22-10)9-4-5-11(16)12(19)6-9/h4-6,10,19H,7-8,16H2,1-3H3,(H,17,20)/t10-/m0/s1. The Labute approximate surface area is 134 Å². The SMILES string of the molecule is CC(C)(C)OC(=O)NC[C@H]1CN(c2ccc(N)c(O)c2)C(=O)O1. The van der Waals surface area contributed by atoms with Gasteiger partial charge in [0.25, 0.3) is 0 Å². The Hall–Kier alpha value is -2.64. The van der Waals surface area contributed by atoms with Gasteiger partial charge < -0.3 is 25.6 Å². The van der Waals surface area contributed by atoms with Gasteiger partial charge >= 0.3 is 12.2 Å². The number of carbonyl (C=O) groups excluding carboxylic acids is 2. The smallest absolute Gasteiger partial charge is 0.414 e.